The topological polar surface area (TPSA) is 95.1 Å². The number of amides is 2. The van der Waals surface area contributed by atoms with Crippen molar-refractivity contribution in [3.05, 3.63) is 71.8 Å². The van der Waals surface area contributed by atoms with Crippen LogP contribution in [0, 0.1) is 0 Å². The number of methoxy groups -OCH3 is 2. The van der Waals surface area contributed by atoms with Crippen molar-refractivity contribution in [2.45, 2.75) is 12.8 Å². The summed E-state index contributed by atoms with van der Waals surface area (Å²) in [6, 6.07) is 17.6. The first kappa shape index (κ1) is 22.0. The highest BCUT2D eigenvalue weighted by molar-refractivity contribution is 6.10. The van der Waals surface area contributed by atoms with Crippen molar-refractivity contribution in [3.63, 3.8) is 0 Å². The van der Waals surface area contributed by atoms with Crippen LogP contribution in [0.3, 0.4) is 0 Å². The quantitative estimate of drug-likeness (QED) is 0.535. The number of carbonyl (C=O) groups excluding carboxylic acids is 2. The van der Waals surface area contributed by atoms with Gasteiger partial charge in [-0.25, -0.2) is 0 Å². The molecule has 0 saturated carbocycles. The third-order valence-electron chi connectivity index (χ3n) is 5.18. The molecule has 0 aromatic heterocycles. The fourth-order valence-corrected chi connectivity index (χ4v) is 3.57. The Balaban J connectivity index is 1.42. The first-order valence-corrected chi connectivity index (χ1v) is 10.4. The summed E-state index contributed by atoms with van der Waals surface area (Å²) in [5.41, 5.74) is 2.21. The van der Waals surface area contributed by atoms with E-state index in [2.05, 4.69) is 10.6 Å². The minimum Gasteiger partial charge on any atom is -0.493 e. The van der Waals surface area contributed by atoms with E-state index in [1.54, 1.807) is 62.8 Å². The zero-order valence-corrected chi connectivity index (χ0v) is 18.3. The number of nitrogens with one attached hydrogen (secondary N) is 2. The molecule has 0 bridgehead atoms. The lowest BCUT2D eigenvalue weighted by Crippen LogP contribution is -2.18. The summed E-state index contributed by atoms with van der Waals surface area (Å²) in [6.45, 7) is 0.156. The molecule has 2 N–H and O–H groups in total. The van der Waals surface area contributed by atoms with Crippen molar-refractivity contribution in [3.8, 4) is 23.0 Å². The van der Waals surface area contributed by atoms with E-state index >= 15 is 0 Å². The van der Waals surface area contributed by atoms with E-state index in [0.717, 1.165) is 5.56 Å². The number of carbonyl (C=O) groups is 2. The monoisotopic (exact) mass is 448 g/mol. The summed E-state index contributed by atoms with van der Waals surface area (Å²) in [4.78, 5) is 25.5. The van der Waals surface area contributed by atoms with Crippen molar-refractivity contribution in [1.29, 1.82) is 0 Å². The molecular weight excluding hydrogens is 424 g/mol. The van der Waals surface area contributed by atoms with Gasteiger partial charge < -0.3 is 29.6 Å². The van der Waals surface area contributed by atoms with Gasteiger partial charge in [-0.1, -0.05) is 24.3 Å². The highest BCUT2D eigenvalue weighted by atomic mass is 16.7. The Labute approximate surface area is 191 Å². The van der Waals surface area contributed by atoms with Crippen LogP contribution in [0.4, 0.5) is 11.4 Å². The minimum absolute atomic E-state index is 0.156. The molecule has 0 atom stereocenters. The molecule has 0 unspecified atom stereocenters. The molecule has 0 fully saturated rings. The van der Waals surface area contributed by atoms with E-state index in [9.17, 15) is 9.59 Å². The van der Waals surface area contributed by atoms with Gasteiger partial charge in [0.2, 0.25) is 12.7 Å². The summed E-state index contributed by atoms with van der Waals surface area (Å²) in [5.74, 6) is 1.86. The molecule has 2 amide bonds. The number of hydrogen-bond acceptors (Lipinski definition) is 6. The second kappa shape index (κ2) is 9.95. The predicted octanol–water partition coefficient (Wildman–Crippen LogP) is 4.26. The first-order chi connectivity index (χ1) is 16.1. The zero-order chi connectivity index (χ0) is 23.2. The third kappa shape index (κ3) is 5.01. The number of benzene rings is 3. The molecule has 170 valence electrons. The SMILES string of the molecule is COc1cccc(CCC(=O)Nc2ccccc2C(=O)Nc2ccc3c(c2)OCO3)c1OC. The van der Waals surface area contributed by atoms with Crippen LogP contribution < -0.4 is 29.6 Å². The minimum atomic E-state index is -0.348. The van der Waals surface area contributed by atoms with Crippen LogP contribution in [0.25, 0.3) is 0 Å². The van der Waals surface area contributed by atoms with Crippen molar-refractivity contribution >= 4 is 23.2 Å². The normalized spacial score (nSPS) is 11.6. The number of aryl methyl sites for hydroxylation is 1. The van der Waals surface area contributed by atoms with Crippen LogP contribution in [-0.2, 0) is 11.2 Å². The molecule has 1 heterocycles. The molecule has 1 aliphatic heterocycles. The number of ether oxygens (including phenoxy) is 4. The van der Waals surface area contributed by atoms with Gasteiger partial charge in [0.15, 0.2) is 23.0 Å². The Morgan fingerprint density at radius 1 is 0.909 bits per heavy atom. The van der Waals surface area contributed by atoms with Crippen LogP contribution in [0.2, 0.25) is 0 Å². The van der Waals surface area contributed by atoms with E-state index in [1.807, 2.05) is 12.1 Å². The highest BCUT2D eigenvalue weighted by Crippen LogP contribution is 2.34. The maximum Gasteiger partial charge on any atom is 0.257 e. The smallest absolute Gasteiger partial charge is 0.257 e. The molecule has 0 spiro atoms. The van der Waals surface area contributed by atoms with Gasteiger partial charge >= 0.3 is 0 Å². The Hall–Kier alpha value is -4.20. The van der Waals surface area contributed by atoms with Crippen LogP contribution in [0.15, 0.2) is 60.7 Å². The van der Waals surface area contributed by atoms with E-state index < -0.39 is 0 Å². The molecule has 8 nitrogen and oxygen atoms in total. The summed E-state index contributed by atoms with van der Waals surface area (Å²) >= 11 is 0. The summed E-state index contributed by atoms with van der Waals surface area (Å²) in [7, 11) is 3.14. The van der Waals surface area contributed by atoms with Gasteiger partial charge in [-0.3, -0.25) is 9.59 Å². The Kier molecular flexibility index (Phi) is 6.64. The van der Waals surface area contributed by atoms with Gasteiger partial charge in [-0.2, -0.15) is 0 Å². The summed E-state index contributed by atoms with van der Waals surface area (Å²) in [5, 5.41) is 5.67. The van der Waals surface area contributed by atoms with Gasteiger partial charge in [0, 0.05) is 18.2 Å². The molecule has 3 aromatic rings. The number of anilines is 2. The molecule has 1 aliphatic rings. The first-order valence-electron chi connectivity index (χ1n) is 10.4. The predicted molar refractivity (Wildman–Crippen MR) is 123 cm³/mol. The highest BCUT2D eigenvalue weighted by Gasteiger charge is 2.17. The molecule has 0 radical (unpaired) electrons. The molecule has 33 heavy (non-hydrogen) atoms. The van der Waals surface area contributed by atoms with Gasteiger partial charge in [0.1, 0.15) is 0 Å². The van der Waals surface area contributed by atoms with E-state index in [1.165, 1.54) is 0 Å². The van der Waals surface area contributed by atoms with Gasteiger partial charge in [0.25, 0.3) is 5.91 Å². The molecule has 0 aliphatic carbocycles. The zero-order valence-electron chi connectivity index (χ0n) is 18.3. The van der Waals surface area contributed by atoms with E-state index in [0.29, 0.717) is 46.4 Å². The lowest BCUT2D eigenvalue weighted by molar-refractivity contribution is -0.116. The Morgan fingerprint density at radius 2 is 1.73 bits per heavy atom. The average Bonchev–Trinajstić information content (AvgIpc) is 3.30. The van der Waals surface area contributed by atoms with Gasteiger partial charge in [-0.05, 0) is 42.3 Å². The fourth-order valence-electron chi connectivity index (χ4n) is 3.57. The number of rotatable bonds is 8. The average molecular weight is 448 g/mol. The molecule has 4 rings (SSSR count). The number of fused-ring (bicyclic) bond motifs is 1. The molecular formula is C25H24N2O6. The molecule has 0 saturated heterocycles. The van der Waals surface area contributed by atoms with Gasteiger partial charge in [-0.15, -0.1) is 0 Å². The lowest BCUT2D eigenvalue weighted by Gasteiger charge is -2.14. The van der Waals surface area contributed by atoms with Crippen LogP contribution >= 0.6 is 0 Å². The van der Waals surface area contributed by atoms with Crippen molar-refractivity contribution in [2.24, 2.45) is 0 Å². The maximum atomic E-state index is 12.9. The molecule has 3 aromatic carbocycles. The number of hydrogen-bond donors (Lipinski definition) is 2. The lowest BCUT2D eigenvalue weighted by atomic mass is 10.1. The maximum absolute atomic E-state index is 12.9. The van der Waals surface area contributed by atoms with Crippen molar-refractivity contribution < 1.29 is 28.5 Å². The Morgan fingerprint density at radius 3 is 2.55 bits per heavy atom. The second-order valence-corrected chi connectivity index (χ2v) is 7.27. The van der Waals surface area contributed by atoms with E-state index in [-0.39, 0.29) is 25.0 Å². The molecule has 8 heteroatoms. The van der Waals surface area contributed by atoms with Gasteiger partial charge in [0.05, 0.1) is 25.5 Å². The fraction of sp³-hybridized carbons (Fsp3) is 0.200. The van der Waals surface area contributed by atoms with Crippen LogP contribution in [-0.4, -0.2) is 32.8 Å². The Bertz CT molecular complexity index is 1180. The summed E-state index contributed by atoms with van der Waals surface area (Å²) < 4.78 is 21.4. The number of para-hydroxylation sites is 2. The largest absolute Gasteiger partial charge is 0.493 e. The van der Waals surface area contributed by atoms with Crippen molar-refractivity contribution in [2.75, 3.05) is 31.6 Å². The summed E-state index contributed by atoms with van der Waals surface area (Å²) in [6.07, 6.45) is 0.666. The van der Waals surface area contributed by atoms with Crippen molar-refractivity contribution in [1.82, 2.24) is 0 Å². The standard InChI is InChI=1S/C25H24N2O6/c1-30-21-9-5-6-16(24(21)31-2)10-13-23(28)27-19-8-4-3-7-18(19)25(29)26-17-11-12-20-22(14-17)33-15-32-20/h3-9,11-12,14H,10,13,15H2,1-2H3,(H,26,29)(H,27,28). The second-order valence-electron chi connectivity index (χ2n) is 7.27. The van der Waals surface area contributed by atoms with Crippen LogP contribution in [0.5, 0.6) is 23.0 Å². The van der Waals surface area contributed by atoms with Crippen LogP contribution in [0.1, 0.15) is 22.3 Å². The third-order valence-corrected chi connectivity index (χ3v) is 5.18. The van der Waals surface area contributed by atoms with E-state index in [4.69, 9.17) is 18.9 Å².